The number of hydrogen-bond donors (Lipinski definition) is 3. The number of carbonyl (C=O) groups excluding carboxylic acids is 1. The molecule has 1 atom stereocenters. The van der Waals surface area contributed by atoms with Gasteiger partial charge in [-0.2, -0.15) is 0 Å². The average Bonchev–Trinajstić information content (AvgIpc) is 2.84. The van der Waals surface area contributed by atoms with E-state index in [1.807, 2.05) is 49.4 Å². The van der Waals surface area contributed by atoms with Crippen molar-refractivity contribution in [3.63, 3.8) is 0 Å². The summed E-state index contributed by atoms with van der Waals surface area (Å²) in [6.45, 7) is 6.58. The predicted octanol–water partition coefficient (Wildman–Crippen LogP) is 2.26. The third-order valence-corrected chi connectivity index (χ3v) is 5.23. The zero-order chi connectivity index (χ0) is 22.6. The number of ether oxygens (including phenoxy) is 2. The molecule has 3 rings (SSSR count). The highest BCUT2D eigenvalue weighted by Gasteiger charge is 2.23. The van der Waals surface area contributed by atoms with E-state index < -0.39 is 0 Å². The Hall–Kier alpha value is -3.10. The molecule has 3 N–H and O–H groups in total. The summed E-state index contributed by atoms with van der Waals surface area (Å²) < 4.78 is 10.8. The summed E-state index contributed by atoms with van der Waals surface area (Å²) in [6.07, 6.45) is 0. The fourth-order valence-electron chi connectivity index (χ4n) is 3.58. The molecule has 1 fully saturated rings. The molecule has 1 heterocycles. The van der Waals surface area contributed by atoms with Crippen LogP contribution in [0.1, 0.15) is 18.5 Å². The molecule has 0 spiro atoms. The molecule has 172 valence electrons. The molecular formula is C24H33N5O3. The van der Waals surface area contributed by atoms with Crippen molar-refractivity contribution in [1.82, 2.24) is 15.5 Å². The largest absolute Gasteiger partial charge is 0.497 e. The molecular weight excluding hydrogens is 406 g/mol. The maximum atomic E-state index is 12.3. The van der Waals surface area contributed by atoms with E-state index >= 15 is 0 Å². The Balaban J connectivity index is 1.64. The molecule has 1 aliphatic heterocycles. The lowest BCUT2D eigenvalue weighted by Gasteiger charge is -2.35. The number of guanidine groups is 1. The Kier molecular flexibility index (Phi) is 9.34. The summed E-state index contributed by atoms with van der Waals surface area (Å²) in [6, 6.07) is 17.7. The first-order chi connectivity index (χ1) is 15.7. The van der Waals surface area contributed by atoms with Crippen LogP contribution < -0.4 is 20.7 Å². The average molecular weight is 440 g/mol. The van der Waals surface area contributed by atoms with Crippen molar-refractivity contribution in [3.8, 4) is 5.75 Å². The van der Waals surface area contributed by atoms with E-state index in [2.05, 4.69) is 38.0 Å². The van der Waals surface area contributed by atoms with Crippen LogP contribution in [0.25, 0.3) is 0 Å². The molecule has 8 nitrogen and oxygen atoms in total. The summed E-state index contributed by atoms with van der Waals surface area (Å²) in [5, 5.41) is 9.49. The van der Waals surface area contributed by atoms with Crippen molar-refractivity contribution in [2.45, 2.75) is 13.0 Å². The number of carbonyl (C=O) groups is 1. The number of nitrogens with zero attached hydrogens (tertiary/aromatic N) is 2. The number of amides is 1. The predicted molar refractivity (Wildman–Crippen MR) is 127 cm³/mol. The SMILES string of the molecule is CCNC(=NCC(=O)Nc1ccccc1)NCC(c1ccc(OC)cc1)N1CCOCC1. The van der Waals surface area contributed by atoms with Crippen LogP contribution in [0.15, 0.2) is 59.6 Å². The third kappa shape index (κ3) is 7.25. The van der Waals surface area contributed by atoms with Gasteiger partial charge in [0.2, 0.25) is 5.91 Å². The van der Waals surface area contributed by atoms with Crippen molar-refractivity contribution in [1.29, 1.82) is 0 Å². The molecule has 1 aliphatic rings. The third-order valence-electron chi connectivity index (χ3n) is 5.23. The van der Waals surface area contributed by atoms with Gasteiger partial charge in [0.05, 0.1) is 26.4 Å². The van der Waals surface area contributed by atoms with Gasteiger partial charge >= 0.3 is 0 Å². The minimum absolute atomic E-state index is 0.0367. The Morgan fingerprint density at radius 1 is 1.09 bits per heavy atom. The lowest BCUT2D eigenvalue weighted by Crippen LogP contribution is -2.46. The van der Waals surface area contributed by atoms with E-state index in [9.17, 15) is 4.79 Å². The monoisotopic (exact) mass is 439 g/mol. The lowest BCUT2D eigenvalue weighted by atomic mass is 10.0. The van der Waals surface area contributed by atoms with E-state index in [1.54, 1.807) is 7.11 Å². The number of methoxy groups -OCH3 is 1. The molecule has 0 aromatic heterocycles. The van der Waals surface area contributed by atoms with Crippen molar-refractivity contribution < 1.29 is 14.3 Å². The van der Waals surface area contributed by atoms with Crippen molar-refractivity contribution in [2.75, 3.05) is 58.4 Å². The Morgan fingerprint density at radius 3 is 2.47 bits per heavy atom. The standard InChI is InChI=1S/C24H33N5O3/c1-3-25-24(27-18-23(30)28-20-7-5-4-6-8-20)26-17-22(29-13-15-32-16-14-29)19-9-11-21(31-2)12-10-19/h4-12,22H,3,13-18H2,1-2H3,(H,28,30)(H2,25,26,27). The minimum Gasteiger partial charge on any atom is -0.497 e. The van der Waals surface area contributed by atoms with Gasteiger partial charge in [0.25, 0.3) is 0 Å². The van der Waals surface area contributed by atoms with Crippen molar-refractivity contribution >= 4 is 17.6 Å². The molecule has 0 aliphatic carbocycles. The highest BCUT2D eigenvalue weighted by molar-refractivity contribution is 5.94. The van der Waals surface area contributed by atoms with Crippen molar-refractivity contribution in [2.24, 2.45) is 4.99 Å². The molecule has 32 heavy (non-hydrogen) atoms. The Morgan fingerprint density at radius 2 is 1.81 bits per heavy atom. The van der Waals surface area contributed by atoms with Crippen LogP contribution in [-0.4, -0.2) is 69.8 Å². The van der Waals surface area contributed by atoms with Gasteiger partial charge in [-0.25, -0.2) is 4.99 Å². The number of anilines is 1. The molecule has 8 heteroatoms. The Bertz CT molecular complexity index is 852. The molecule has 2 aromatic rings. The number of hydrogen-bond acceptors (Lipinski definition) is 5. The van der Waals surface area contributed by atoms with E-state index in [4.69, 9.17) is 9.47 Å². The summed E-state index contributed by atoms with van der Waals surface area (Å²) >= 11 is 0. The topological polar surface area (TPSA) is 87.2 Å². The van der Waals surface area contributed by atoms with Gasteiger partial charge in [-0.1, -0.05) is 30.3 Å². The summed E-state index contributed by atoms with van der Waals surface area (Å²) in [5.74, 6) is 1.29. The van der Waals surface area contributed by atoms with Gasteiger partial charge in [-0.05, 0) is 36.8 Å². The maximum Gasteiger partial charge on any atom is 0.246 e. The second-order valence-corrected chi connectivity index (χ2v) is 7.43. The zero-order valence-corrected chi connectivity index (χ0v) is 18.8. The van der Waals surface area contributed by atoms with Crippen LogP contribution in [0.5, 0.6) is 5.75 Å². The fraction of sp³-hybridized carbons (Fsp3) is 0.417. The van der Waals surface area contributed by atoms with Gasteiger partial charge in [0, 0.05) is 31.9 Å². The first-order valence-corrected chi connectivity index (χ1v) is 11.0. The molecule has 1 amide bonds. The smallest absolute Gasteiger partial charge is 0.246 e. The zero-order valence-electron chi connectivity index (χ0n) is 18.8. The van der Waals surface area contributed by atoms with Crippen molar-refractivity contribution in [3.05, 3.63) is 60.2 Å². The lowest BCUT2D eigenvalue weighted by molar-refractivity contribution is -0.114. The summed E-state index contributed by atoms with van der Waals surface area (Å²) in [5.41, 5.74) is 1.95. The van der Waals surface area contributed by atoms with Gasteiger partial charge in [0.1, 0.15) is 12.3 Å². The van der Waals surface area contributed by atoms with Gasteiger partial charge in [-0.3, -0.25) is 9.69 Å². The maximum absolute atomic E-state index is 12.3. The highest BCUT2D eigenvalue weighted by atomic mass is 16.5. The first kappa shape index (κ1) is 23.6. The Labute approximate surface area is 190 Å². The normalized spacial score (nSPS) is 15.6. The second-order valence-electron chi connectivity index (χ2n) is 7.43. The molecule has 2 aromatic carbocycles. The molecule has 0 radical (unpaired) electrons. The molecule has 1 unspecified atom stereocenters. The van der Waals surface area contributed by atoms with Gasteiger partial charge in [0.15, 0.2) is 5.96 Å². The van der Waals surface area contributed by atoms with E-state index in [0.29, 0.717) is 19.0 Å². The highest BCUT2D eigenvalue weighted by Crippen LogP contribution is 2.23. The molecule has 0 saturated carbocycles. The van der Waals surface area contributed by atoms with Crippen LogP contribution in [0, 0.1) is 0 Å². The van der Waals surface area contributed by atoms with Crippen LogP contribution in [0.4, 0.5) is 5.69 Å². The van der Waals surface area contributed by atoms with Gasteiger partial charge < -0.3 is 25.4 Å². The van der Waals surface area contributed by atoms with E-state index in [-0.39, 0.29) is 18.5 Å². The van der Waals surface area contributed by atoms with E-state index in [0.717, 1.165) is 37.7 Å². The number of benzene rings is 2. The molecule has 1 saturated heterocycles. The summed E-state index contributed by atoms with van der Waals surface area (Å²) in [7, 11) is 1.67. The number of para-hydroxylation sites is 1. The number of aliphatic imine (C=N–C) groups is 1. The molecule has 0 bridgehead atoms. The number of rotatable bonds is 9. The van der Waals surface area contributed by atoms with Crippen LogP contribution >= 0.6 is 0 Å². The quantitative estimate of drug-likeness (QED) is 0.410. The summed E-state index contributed by atoms with van der Waals surface area (Å²) in [4.78, 5) is 19.2. The number of nitrogens with one attached hydrogen (secondary N) is 3. The van der Waals surface area contributed by atoms with Crippen LogP contribution in [0.3, 0.4) is 0 Å². The fourth-order valence-corrected chi connectivity index (χ4v) is 3.58. The second kappa shape index (κ2) is 12.7. The van der Waals surface area contributed by atoms with Crippen LogP contribution in [0.2, 0.25) is 0 Å². The first-order valence-electron chi connectivity index (χ1n) is 11.0. The minimum atomic E-state index is -0.159. The van der Waals surface area contributed by atoms with Crippen LogP contribution in [-0.2, 0) is 9.53 Å². The van der Waals surface area contributed by atoms with E-state index in [1.165, 1.54) is 5.56 Å². The van der Waals surface area contributed by atoms with Gasteiger partial charge in [-0.15, -0.1) is 0 Å². The number of morpholine rings is 1.